The molecule has 2 rings (SSSR count). The summed E-state index contributed by atoms with van der Waals surface area (Å²) in [5, 5.41) is 0.647. The van der Waals surface area contributed by atoms with Crippen LogP contribution in [0.5, 0.6) is 0 Å². The largest absolute Gasteiger partial charge is 0.366 e. The number of aryl methyl sites for hydroxylation is 2. The number of carbonyl (C=O) groups excluding carboxylic acids is 1. The predicted octanol–water partition coefficient (Wildman–Crippen LogP) is 2.95. The number of pyridine rings is 1. The topological polar surface area (TPSA) is 56.0 Å². The Hall–Kier alpha value is -1.81. The van der Waals surface area contributed by atoms with Crippen LogP contribution in [0.4, 0.5) is 0 Å². The maximum absolute atomic E-state index is 11.3. The number of benzene rings is 1. The molecule has 0 atom stereocenters. The molecule has 0 aliphatic rings. The van der Waals surface area contributed by atoms with Crippen molar-refractivity contribution in [3.8, 4) is 0 Å². The highest BCUT2D eigenvalue weighted by Crippen LogP contribution is 2.29. The highest BCUT2D eigenvalue weighted by Gasteiger charge is 2.10. The number of hydrogen-bond donors (Lipinski definition) is 1. The number of carbonyl (C=O) groups is 1. The third kappa shape index (κ3) is 2.71. The minimum absolute atomic E-state index is 0.450. The highest BCUT2D eigenvalue weighted by atomic mass is 32.2. The Labute approximate surface area is 110 Å². The summed E-state index contributed by atoms with van der Waals surface area (Å²) in [6, 6.07) is 9.57. The molecular formula is C14H14N2OS. The van der Waals surface area contributed by atoms with Gasteiger partial charge in [-0.15, -0.1) is 0 Å². The van der Waals surface area contributed by atoms with Gasteiger partial charge in [-0.2, -0.15) is 0 Å². The molecule has 0 bridgehead atoms. The van der Waals surface area contributed by atoms with Gasteiger partial charge in [0.25, 0.3) is 5.91 Å². The fourth-order valence-corrected chi connectivity index (χ4v) is 2.54. The molecule has 4 heteroatoms. The average molecular weight is 258 g/mol. The van der Waals surface area contributed by atoms with E-state index >= 15 is 0 Å². The Morgan fingerprint density at radius 1 is 1.22 bits per heavy atom. The molecule has 18 heavy (non-hydrogen) atoms. The van der Waals surface area contributed by atoms with Gasteiger partial charge in [0.15, 0.2) is 0 Å². The SMILES string of the molecule is Cc1ccc(Sc2ncccc2C(N)=O)cc1C. The molecule has 2 N–H and O–H groups in total. The smallest absolute Gasteiger partial charge is 0.251 e. The highest BCUT2D eigenvalue weighted by molar-refractivity contribution is 7.99. The molecule has 1 aromatic heterocycles. The molecule has 1 amide bonds. The number of hydrogen-bond acceptors (Lipinski definition) is 3. The lowest BCUT2D eigenvalue weighted by molar-refractivity contribution is 0.0997. The molecule has 0 radical (unpaired) electrons. The first-order chi connectivity index (χ1) is 8.58. The minimum atomic E-state index is -0.450. The van der Waals surface area contributed by atoms with Gasteiger partial charge in [0.05, 0.1) is 5.56 Å². The first-order valence-electron chi connectivity index (χ1n) is 5.58. The van der Waals surface area contributed by atoms with Crippen LogP contribution in [0.1, 0.15) is 21.5 Å². The maximum Gasteiger partial charge on any atom is 0.251 e. The molecule has 0 spiro atoms. The molecule has 0 aliphatic heterocycles. The Morgan fingerprint density at radius 3 is 2.67 bits per heavy atom. The second-order valence-electron chi connectivity index (χ2n) is 4.07. The summed E-state index contributed by atoms with van der Waals surface area (Å²) >= 11 is 1.45. The number of aromatic nitrogens is 1. The van der Waals surface area contributed by atoms with Crippen LogP contribution < -0.4 is 5.73 Å². The zero-order valence-corrected chi connectivity index (χ0v) is 11.1. The van der Waals surface area contributed by atoms with Crippen LogP contribution in [-0.2, 0) is 0 Å². The van der Waals surface area contributed by atoms with Crippen molar-refractivity contribution in [1.82, 2.24) is 4.98 Å². The van der Waals surface area contributed by atoms with Crippen molar-refractivity contribution in [2.75, 3.05) is 0 Å². The predicted molar refractivity (Wildman–Crippen MR) is 72.8 cm³/mol. The van der Waals surface area contributed by atoms with E-state index in [0.29, 0.717) is 10.6 Å². The van der Waals surface area contributed by atoms with Crippen LogP contribution in [0.2, 0.25) is 0 Å². The van der Waals surface area contributed by atoms with E-state index in [1.807, 2.05) is 6.07 Å². The lowest BCUT2D eigenvalue weighted by Crippen LogP contribution is -2.12. The first-order valence-corrected chi connectivity index (χ1v) is 6.39. The minimum Gasteiger partial charge on any atom is -0.366 e. The number of nitrogens with zero attached hydrogens (tertiary/aromatic N) is 1. The van der Waals surface area contributed by atoms with Gasteiger partial charge in [-0.05, 0) is 49.2 Å². The van der Waals surface area contributed by atoms with Gasteiger partial charge in [0, 0.05) is 11.1 Å². The Bertz CT molecular complexity index is 596. The molecule has 0 saturated heterocycles. The quantitative estimate of drug-likeness (QED) is 0.920. The molecule has 0 aliphatic carbocycles. The lowest BCUT2D eigenvalue weighted by Gasteiger charge is -2.07. The molecule has 0 saturated carbocycles. The van der Waals surface area contributed by atoms with E-state index in [9.17, 15) is 4.79 Å². The maximum atomic E-state index is 11.3. The van der Waals surface area contributed by atoms with Gasteiger partial charge in [-0.1, -0.05) is 17.8 Å². The molecule has 1 heterocycles. The molecular weight excluding hydrogens is 244 g/mol. The van der Waals surface area contributed by atoms with Gasteiger partial charge in [0.2, 0.25) is 0 Å². The summed E-state index contributed by atoms with van der Waals surface area (Å²) < 4.78 is 0. The van der Waals surface area contributed by atoms with Gasteiger partial charge in [-0.25, -0.2) is 4.98 Å². The van der Waals surface area contributed by atoms with Crippen molar-refractivity contribution in [3.63, 3.8) is 0 Å². The summed E-state index contributed by atoms with van der Waals surface area (Å²) in [4.78, 5) is 16.6. The van der Waals surface area contributed by atoms with Gasteiger partial charge in [-0.3, -0.25) is 4.79 Å². The van der Waals surface area contributed by atoms with E-state index in [1.54, 1.807) is 18.3 Å². The summed E-state index contributed by atoms with van der Waals surface area (Å²) in [6.45, 7) is 4.13. The van der Waals surface area contributed by atoms with Crippen LogP contribution in [-0.4, -0.2) is 10.9 Å². The van der Waals surface area contributed by atoms with Crippen LogP contribution in [0.25, 0.3) is 0 Å². The third-order valence-electron chi connectivity index (χ3n) is 2.73. The van der Waals surface area contributed by atoms with E-state index in [0.717, 1.165) is 4.90 Å². The van der Waals surface area contributed by atoms with E-state index in [2.05, 4.69) is 31.0 Å². The monoisotopic (exact) mass is 258 g/mol. The Balaban J connectivity index is 2.34. The third-order valence-corrected chi connectivity index (χ3v) is 3.74. The fraction of sp³-hybridized carbons (Fsp3) is 0.143. The van der Waals surface area contributed by atoms with E-state index in [-0.39, 0.29) is 0 Å². The van der Waals surface area contributed by atoms with Crippen molar-refractivity contribution in [1.29, 1.82) is 0 Å². The van der Waals surface area contributed by atoms with Crippen molar-refractivity contribution < 1.29 is 4.79 Å². The van der Waals surface area contributed by atoms with Crippen LogP contribution in [0.15, 0.2) is 46.5 Å². The lowest BCUT2D eigenvalue weighted by atomic mass is 10.1. The molecule has 0 unspecified atom stereocenters. The van der Waals surface area contributed by atoms with Gasteiger partial charge >= 0.3 is 0 Å². The Kier molecular flexibility index (Phi) is 3.67. The second-order valence-corrected chi connectivity index (χ2v) is 5.13. The zero-order valence-electron chi connectivity index (χ0n) is 10.3. The van der Waals surface area contributed by atoms with Crippen molar-refractivity contribution in [2.24, 2.45) is 5.73 Å². The van der Waals surface area contributed by atoms with Crippen molar-refractivity contribution in [2.45, 2.75) is 23.8 Å². The van der Waals surface area contributed by atoms with Crippen molar-refractivity contribution >= 4 is 17.7 Å². The zero-order chi connectivity index (χ0) is 13.1. The summed E-state index contributed by atoms with van der Waals surface area (Å²) in [6.07, 6.45) is 1.66. The van der Waals surface area contributed by atoms with Gasteiger partial charge in [0.1, 0.15) is 5.03 Å². The second kappa shape index (κ2) is 5.23. The normalized spacial score (nSPS) is 10.3. The summed E-state index contributed by atoms with van der Waals surface area (Å²) in [5.41, 5.74) is 8.25. The van der Waals surface area contributed by atoms with E-state index in [4.69, 9.17) is 5.73 Å². The molecule has 92 valence electrons. The molecule has 3 nitrogen and oxygen atoms in total. The molecule has 0 fully saturated rings. The fourth-order valence-electron chi connectivity index (χ4n) is 1.55. The molecule has 2 aromatic rings. The summed E-state index contributed by atoms with van der Waals surface area (Å²) in [7, 11) is 0. The number of nitrogens with two attached hydrogens (primary N) is 1. The van der Waals surface area contributed by atoms with Gasteiger partial charge < -0.3 is 5.73 Å². The Morgan fingerprint density at radius 2 is 2.00 bits per heavy atom. The molecule has 1 aromatic carbocycles. The average Bonchev–Trinajstić information content (AvgIpc) is 2.34. The first kappa shape index (κ1) is 12.6. The number of primary amides is 1. The number of amides is 1. The van der Waals surface area contributed by atoms with Crippen LogP contribution in [0, 0.1) is 13.8 Å². The van der Waals surface area contributed by atoms with E-state index < -0.39 is 5.91 Å². The summed E-state index contributed by atoms with van der Waals surface area (Å²) in [5.74, 6) is -0.450. The number of rotatable bonds is 3. The van der Waals surface area contributed by atoms with Crippen LogP contribution in [0.3, 0.4) is 0 Å². The standard InChI is InChI=1S/C14H14N2OS/c1-9-5-6-11(8-10(9)2)18-14-12(13(15)17)4-3-7-16-14/h3-8H,1-2H3,(H2,15,17). The van der Waals surface area contributed by atoms with E-state index in [1.165, 1.54) is 22.9 Å². The van der Waals surface area contributed by atoms with Crippen molar-refractivity contribution in [3.05, 3.63) is 53.2 Å². The van der Waals surface area contributed by atoms with Crippen LogP contribution >= 0.6 is 11.8 Å².